The van der Waals surface area contributed by atoms with E-state index < -0.39 is 0 Å². The zero-order valence-electron chi connectivity index (χ0n) is 15.4. The summed E-state index contributed by atoms with van der Waals surface area (Å²) in [5.74, 6) is 0.701. The van der Waals surface area contributed by atoms with Crippen molar-refractivity contribution in [2.24, 2.45) is 5.92 Å². The van der Waals surface area contributed by atoms with Gasteiger partial charge in [-0.25, -0.2) is 0 Å². The second-order valence-corrected chi connectivity index (χ2v) is 7.74. The van der Waals surface area contributed by atoms with Gasteiger partial charge in [-0.3, -0.25) is 4.79 Å². The van der Waals surface area contributed by atoms with Crippen LogP contribution in [0.25, 0.3) is 10.8 Å². The van der Waals surface area contributed by atoms with Crippen molar-refractivity contribution in [2.45, 2.75) is 18.9 Å². The molecular formula is C24H24N2O. The Morgan fingerprint density at radius 1 is 0.852 bits per heavy atom. The van der Waals surface area contributed by atoms with Crippen LogP contribution in [0, 0.1) is 5.92 Å². The molecule has 3 fully saturated rings. The fourth-order valence-corrected chi connectivity index (χ4v) is 4.80. The molecule has 136 valence electrons. The molecule has 1 atom stereocenters. The Labute approximate surface area is 160 Å². The Morgan fingerprint density at radius 2 is 1.56 bits per heavy atom. The third-order valence-electron chi connectivity index (χ3n) is 6.22. The van der Waals surface area contributed by atoms with E-state index in [0.717, 1.165) is 23.2 Å². The molecule has 27 heavy (non-hydrogen) atoms. The van der Waals surface area contributed by atoms with Crippen molar-refractivity contribution in [3.8, 4) is 0 Å². The van der Waals surface area contributed by atoms with E-state index in [2.05, 4.69) is 52.3 Å². The van der Waals surface area contributed by atoms with E-state index in [-0.39, 0.29) is 11.9 Å². The molecule has 3 heteroatoms. The number of piperidine rings is 3. The molecule has 6 rings (SSSR count). The smallest absolute Gasteiger partial charge is 0.258 e. The summed E-state index contributed by atoms with van der Waals surface area (Å²) in [7, 11) is 0. The molecule has 3 aromatic rings. The van der Waals surface area contributed by atoms with Crippen LogP contribution in [0.3, 0.4) is 0 Å². The van der Waals surface area contributed by atoms with Crippen molar-refractivity contribution in [3.05, 3.63) is 78.4 Å². The number of carbonyl (C=O) groups excluding carboxylic acids is 1. The Morgan fingerprint density at radius 3 is 2.30 bits per heavy atom. The molecule has 3 nitrogen and oxygen atoms in total. The van der Waals surface area contributed by atoms with Gasteiger partial charge in [-0.05, 0) is 55.4 Å². The molecule has 0 unspecified atom stereocenters. The number of hydrogen-bond donors (Lipinski definition) is 0. The van der Waals surface area contributed by atoms with Gasteiger partial charge in [0.25, 0.3) is 5.91 Å². The molecule has 0 N–H and O–H groups in total. The summed E-state index contributed by atoms with van der Waals surface area (Å²) >= 11 is 0. The number of anilines is 1. The van der Waals surface area contributed by atoms with E-state index in [1.807, 2.05) is 30.3 Å². The highest BCUT2D eigenvalue weighted by Crippen LogP contribution is 2.37. The average molecular weight is 356 g/mol. The van der Waals surface area contributed by atoms with E-state index in [0.29, 0.717) is 5.92 Å². The number of carbonyl (C=O) groups is 1. The molecule has 3 aliphatic rings. The Bertz CT molecular complexity index is 955. The molecule has 0 aliphatic carbocycles. The Hall–Kier alpha value is -2.65. The van der Waals surface area contributed by atoms with Gasteiger partial charge >= 0.3 is 0 Å². The first-order valence-corrected chi connectivity index (χ1v) is 9.90. The van der Waals surface area contributed by atoms with Crippen LogP contribution < -0.4 is 4.90 Å². The van der Waals surface area contributed by atoms with Gasteiger partial charge in [0.05, 0.1) is 11.7 Å². The minimum atomic E-state index is 0.116. The minimum absolute atomic E-state index is 0.116. The van der Waals surface area contributed by atoms with Gasteiger partial charge in [-0.1, -0.05) is 54.6 Å². The van der Waals surface area contributed by atoms with Crippen molar-refractivity contribution >= 4 is 22.4 Å². The molecule has 3 heterocycles. The van der Waals surface area contributed by atoms with E-state index in [4.69, 9.17) is 0 Å². The summed E-state index contributed by atoms with van der Waals surface area (Å²) in [6.45, 7) is 3.32. The van der Waals surface area contributed by atoms with Gasteiger partial charge in [0.2, 0.25) is 0 Å². The van der Waals surface area contributed by atoms with Crippen LogP contribution in [0.15, 0.2) is 72.8 Å². The first-order chi connectivity index (χ1) is 13.3. The van der Waals surface area contributed by atoms with Crippen molar-refractivity contribution in [1.82, 2.24) is 4.90 Å². The zero-order chi connectivity index (χ0) is 18.2. The first kappa shape index (κ1) is 16.5. The SMILES string of the molecule is O=C(c1ccccc1)N(c1cccc2ccccc12)[C@@H]1CN2CCC1CC2. The summed E-state index contributed by atoms with van der Waals surface area (Å²) < 4.78 is 0. The van der Waals surface area contributed by atoms with Crippen molar-refractivity contribution in [2.75, 3.05) is 24.5 Å². The van der Waals surface area contributed by atoms with Gasteiger partial charge in [-0.15, -0.1) is 0 Å². The number of amides is 1. The van der Waals surface area contributed by atoms with Crippen molar-refractivity contribution in [1.29, 1.82) is 0 Å². The van der Waals surface area contributed by atoms with Gasteiger partial charge in [0, 0.05) is 17.5 Å². The van der Waals surface area contributed by atoms with Gasteiger partial charge < -0.3 is 9.80 Å². The van der Waals surface area contributed by atoms with Gasteiger partial charge in [-0.2, -0.15) is 0 Å². The van der Waals surface area contributed by atoms with Crippen LogP contribution in [0.4, 0.5) is 5.69 Å². The van der Waals surface area contributed by atoms with Crippen LogP contribution in [0.1, 0.15) is 23.2 Å². The lowest BCUT2D eigenvalue weighted by molar-refractivity contribution is 0.0735. The number of hydrogen-bond acceptors (Lipinski definition) is 2. The largest absolute Gasteiger partial charge is 0.303 e. The number of rotatable bonds is 3. The molecule has 2 bridgehead atoms. The molecule has 0 aromatic heterocycles. The molecule has 0 spiro atoms. The summed E-state index contributed by atoms with van der Waals surface area (Å²) in [5, 5.41) is 2.34. The molecule has 3 aliphatic heterocycles. The first-order valence-electron chi connectivity index (χ1n) is 9.90. The zero-order valence-corrected chi connectivity index (χ0v) is 15.4. The second-order valence-electron chi connectivity index (χ2n) is 7.74. The summed E-state index contributed by atoms with van der Waals surface area (Å²) in [4.78, 5) is 18.3. The lowest BCUT2D eigenvalue weighted by atomic mass is 9.82. The number of benzene rings is 3. The number of fused-ring (bicyclic) bond motifs is 4. The Kier molecular flexibility index (Phi) is 4.17. The van der Waals surface area contributed by atoms with Crippen LogP contribution in [-0.4, -0.2) is 36.5 Å². The fourth-order valence-electron chi connectivity index (χ4n) is 4.80. The van der Waals surface area contributed by atoms with Gasteiger partial charge in [0.15, 0.2) is 0 Å². The van der Waals surface area contributed by atoms with Crippen LogP contribution in [0.5, 0.6) is 0 Å². The number of nitrogens with zero attached hydrogens (tertiary/aromatic N) is 2. The lowest BCUT2D eigenvalue weighted by Gasteiger charge is -2.49. The van der Waals surface area contributed by atoms with Crippen molar-refractivity contribution in [3.63, 3.8) is 0 Å². The summed E-state index contributed by atoms with van der Waals surface area (Å²) in [6.07, 6.45) is 2.38. The molecule has 3 saturated heterocycles. The van der Waals surface area contributed by atoms with E-state index in [1.54, 1.807) is 0 Å². The fraction of sp³-hybridized carbons (Fsp3) is 0.292. The minimum Gasteiger partial charge on any atom is -0.303 e. The molecule has 0 radical (unpaired) electrons. The van der Waals surface area contributed by atoms with Gasteiger partial charge in [0.1, 0.15) is 0 Å². The summed E-state index contributed by atoms with van der Waals surface area (Å²) in [5.41, 5.74) is 1.81. The maximum absolute atomic E-state index is 13.7. The second kappa shape index (κ2) is 6.82. The van der Waals surface area contributed by atoms with E-state index >= 15 is 0 Å². The quantitative estimate of drug-likeness (QED) is 0.686. The molecule has 0 saturated carbocycles. The monoisotopic (exact) mass is 356 g/mol. The predicted molar refractivity (Wildman–Crippen MR) is 110 cm³/mol. The molecule has 3 aromatic carbocycles. The predicted octanol–water partition coefficient (Wildman–Crippen LogP) is 4.58. The highest BCUT2D eigenvalue weighted by molar-refractivity contribution is 6.11. The third kappa shape index (κ3) is 2.92. The highest BCUT2D eigenvalue weighted by atomic mass is 16.2. The van der Waals surface area contributed by atoms with Crippen molar-refractivity contribution < 1.29 is 4.79 Å². The lowest BCUT2D eigenvalue weighted by Crippen LogP contribution is -2.59. The van der Waals surface area contributed by atoms with E-state index in [9.17, 15) is 4.79 Å². The molecule has 1 amide bonds. The van der Waals surface area contributed by atoms with E-state index in [1.165, 1.54) is 31.3 Å². The maximum Gasteiger partial charge on any atom is 0.258 e. The van der Waals surface area contributed by atoms with Crippen LogP contribution in [-0.2, 0) is 0 Å². The topological polar surface area (TPSA) is 23.6 Å². The average Bonchev–Trinajstić information content (AvgIpc) is 2.75. The third-order valence-corrected chi connectivity index (χ3v) is 6.22. The molecular weight excluding hydrogens is 332 g/mol. The normalized spacial score (nSPS) is 24.1. The maximum atomic E-state index is 13.7. The standard InChI is InChI=1S/C24H24N2O/c27-24(20-8-2-1-3-9-20)26(23-17-25-15-13-19(23)14-16-25)22-12-6-10-18-7-4-5-11-21(18)22/h1-12,19,23H,13-17H2/t23-/m1/s1. The van der Waals surface area contributed by atoms with Crippen LogP contribution in [0.2, 0.25) is 0 Å². The summed E-state index contributed by atoms with van der Waals surface area (Å²) in [6, 6.07) is 24.7. The Balaban J connectivity index is 1.65. The highest BCUT2D eigenvalue weighted by Gasteiger charge is 2.40. The van der Waals surface area contributed by atoms with Crippen LogP contribution >= 0.6 is 0 Å².